The lowest BCUT2D eigenvalue weighted by atomic mass is 10.2. The van der Waals surface area contributed by atoms with Gasteiger partial charge in [-0.2, -0.15) is 0 Å². The Morgan fingerprint density at radius 1 is 1.50 bits per heavy atom. The normalized spacial score (nSPS) is 11.0. The fraction of sp³-hybridized carbons (Fsp3) is 0.385. The van der Waals surface area contributed by atoms with Gasteiger partial charge in [0, 0.05) is 13.2 Å². The number of benzene rings is 1. The molecule has 0 atom stereocenters. The second-order valence-corrected chi connectivity index (χ2v) is 4.02. The Morgan fingerprint density at radius 3 is 2.94 bits per heavy atom. The first-order valence-electron chi connectivity index (χ1n) is 5.91. The summed E-state index contributed by atoms with van der Waals surface area (Å²) in [6.07, 6.45) is 0. The maximum Gasteiger partial charge on any atom is 0.335 e. The van der Waals surface area contributed by atoms with Crippen LogP contribution in [0.3, 0.4) is 0 Å². The van der Waals surface area contributed by atoms with Crippen LogP contribution in [0, 0.1) is 6.92 Å². The van der Waals surface area contributed by atoms with E-state index in [2.05, 4.69) is 4.98 Å². The Balaban J connectivity index is 2.40. The number of imidazole rings is 1. The zero-order valence-electron chi connectivity index (χ0n) is 10.5. The number of ether oxygens (including phenoxy) is 1. The van der Waals surface area contributed by atoms with E-state index in [0.29, 0.717) is 19.8 Å². The van der Waals surface area contributed by atoms with Crippen LogP contribution in [0.1, 0.15) is 23.1 Å². The number of nitrogens with zero attached hydrogens (tertiary/aromatic N) is 2. The van der Waals surface area contributed by atoms with Crippen molar-refractivity contribution in [3.63, 3.8) is 0 Å². The summed E-state index contributed by atoms with van der Waals surface area (Å²) < 4.78 is 7.31. The summed E-state index contributed by atoms with van der Waals surface area (Å²) >= 11 is 0. The highest BCUT2D eigenvalue weighted by molar-refractivity contribution is 5.92. The van der Waals surface area contributed by atoms with Crippen molar-refractivity contribution in [2.24, 2.45) is 0 Å². The third-order valence-corrected chi connectivity index (χ3v) is 2.85. The van der Waals surface area contributed by atoms with Gasteiger partial charge >= 0.3 is 5.97 Å². The third-order valence-electron chi connectivity index (χ3n) is 2.85. The molecular weight excluding hydrogens is 232 g/mol. The van der Waals surface area contributed by atoms with Crippen molar-refractivity contribution in [2.45, 2.75) is 20.4 Å². The van der Waals surface area contributed by atoms with Gasteiger partial charge < -0.3 is 14.4 Å². The van der Waals surface area contributed by atoms with Crippen LogP contribution >= 0.6 is 0 Å². The standard InChI is InChI=1S/C13H16N2O3/c1-3-18-7-6-15-9(2)14-11-5-4-10(13(16)17)8-12(11)15/h4-5,8H,3,6-7H2,1-2H3,(H,16,17). The van der Waals surface area contributed by atoms with E-state index in [1.807, 2.05) is 18.4 Å². The molecule has 0 fully saturated rings. The highest BCUT2D eigenvalue weighted by Gasteiger charge is 2.10. The fourth-order valence-electron chi connectivity index (χ4n) is 1.96. The third kappa shape index (κ3) is 2.36. The van der Waals surface area contributed by atoms with Crippen LogP contribution in [0.15, 0.2) is 18.2 Å². The van der Waals surface area contributed by atoms with E-state index >= 15 is 0 Å². The first-order chi connectivity index (χ1) is 8.63. The molecule has 96 valence electrons. The van der Waals surface area contributed by atoms with E-state index < -0.39 is 5.97 Å². The number of hydrogen-bond acceptors (Lipinski definition) is 3. The topological polar surface area (TPSA) is 64.4 Å². The minimum Gasteiger partial charge on any atom is -0.478 e. The SMILES string of the molecule is CCOCCn1c(C)nc2ccc(C(=O)O)cc21. The van der Waals surface area contributed by atoms with E-state index in [1.54, 1.807) is 18.2 Å². The second-order valence-electron chi connectivity index (χ2n) is 4.02. The number of hydrogen-bond donors (Lipinski definition) is 1. The molecule has 0 aliphatic carbocycles. The summed E-state index contributed by atoms with van der Waals surface area (Å²) in [5, 5.41) is 9.00. The number of carboxylic acids is 1. The highest BCUT2D eigenvalue weighted by atomic mass is 16.5. The first-order valence-corrected chi connectivity index (χ1v) is 5.91. The minimum absolute atomic E-state index is 0.278. The average Bonchev–Trinajstić information content (AvgIpc) is 2.65. The maximum atomic E-state index is 11.0. The van der Waals surface area contributed by atoms with Gasteiger partial charge in [0.25, 0.3) is 0 Å². The molecule has 0 amide bonds. The van der Waals surface area contributed by atoms with Crippen molar-refractivity contribution in [1.82, 2.24) is 9.55 Å². The van der Waals surface area contributed by atoms with Crippen LogP contribution in [0.4, 0.5) is 0 Å². The lowest BCUT2D eigenvalue weighted by Gasteiger charge is -2.07. The zero-order chi connectivity index (χ0) is 13.1. The van der Waals surface area contributed by atoms with Gasteiger partial charge in [-0.3, -0.25) is 0 Å². The van der Waals surface area contributed by atoms with Crippen LogP contribution in [0.5, 0.6) is 0 Å². The van der Waals surface area contributed by atoms with E-state index in [-0.39, 0.29) is 5.56 Å². The molecule has 1 N–H and O–H groups in total. The number of rotatable bonds is 5. The average molecular weight is 248 g/mol. The molecule has 0 radical (unpaired) electrons. The monoisotopic (exact) mass is 248 g/mol. The van der Waals surface area contributed by atoms with Gasteiger partial charge in [0.2, 0.25) is 0 Å². The summed E-state index contributed by atoms with van der Waals surface area (Å²) in [5.74, 6) is -0.0562. The van der Waals surface area contributed by atoms with Gasteiger partial charge in [0.1, 0.15) is 5.82 Å². The molecule has 0 saturated heterocycles. The summed E-state index contributed by atoms with van der Waals surface area (Å²) in [6, 6.07) is 4.97. The first kappa shape index (κ1) is 12.6. The molecular formula is C13H16N2O3. The fourth-order valence-corrected chi connectivity index (χ4v) is 1.96. The molecule has 5 heteroatoms. The molecule has 0 bridgehead atoms. The molecule has 0 aliphatic rings. The van der Waals surface area contributed by atoms with Crippen LogP contribution < -0.4 is 0 Å². The quantitative estimate of drug-likeness (QED) is 0.823. The van der Waals surface area contributed by atoms with Crippen LogP contribution in [-0.4, -0.2) is 33.8 Å². The van der Waals surface area contributed by atoms with Gasteiger partial charge in [-0.05, 0) is 32.0 Å². The van der Waals surface area contributed by atoms with Crippen molar-refractivity contribution in [2.75, 3.05) is 13.2 Å². The molecule has 1 aromatic carbocycles. The van der Waals surface area contributed by atoms with Crippen molar-refractivity contribution in [3.05, 3.63) is 29.6 Å². The number of carbonyl (C=O) groups is 1. The molecule has 1 heterocycles. The van der Waals surface area contributed by atoms with E-state index in [1.165, 1.54) is 0 Å². The van der Waals surface area contributed by atoms with Crippen LogP contribution in [0.2, 0.25) is 0 Å². The highest BCUT2D eigenvalue weighted by Crippen LogP contribution is 2.17. The Morgan fingerprint density at radius 2 is 2.28 bits per heavy atom. The van der Waals surface area contributed by atoms with Crippen LogP contribution in [-0.2, 0) is 11.3 Å². The van der Waals surface area contributed by atoms with E-state index in [9.17, 15) is 4.79 Å². The molecule has 2 aromatic rings. The lowest BCUT2D eigenvalue weighted by Crippen LogP contribution is -2.07. The van der Waals surface area contributed by atoms with Gasteiger partial charge in [-0.1, -0.05) is 0 Å². The molecule has 0 aliphatic heterocycles. The number of carboxylic acid groups (broad SMARTS) is 1. The number of aromatic nitrogens is 2. The summed E-state index contributed by atoms with van der Waals surface area (Å²) in [4.78, 5) is 15.4. The Bertz CT molecular complexity index is 575. The van der Waals surface area contributed by atoms with Gasteiger partial charge in [-0.25, -0.2) is 9.78 Å². The molecule has 1 aromatic heterocycles. The number of aryl methyl sites for hydroxylation is 1. The predicted molar refractivity (Wildman–Crippen MR) is 67.9 cm³/mol. The molecule has 0 unspecified atom stereocenters. The largest absolute Gasteiger partial charge is 0.478 e. The zero-order valence-corrected chi connectivity index (χ0v) is 10.5. The van der Waals surface area contributed by atoms with Crippen LogP contribution in [0.25, 0.3) is 11.0 Å². The molecule has 5 nitrogen and oxygen atoms in total. The van der Waals surface area contributed by atoms with E-state index in [4.69, 9.17) is 9.84 Å². The van der Waals surface area contributed by atoms with Crippen molar-refractivity contribution in [3.8, 4) is 0 Å². The number of aromatic carboxylic acids is 1. The summed E-state index contributed by atoms with van der Waals surface area (Å²) in [5.41, 5.74) is 1.93. The Hall–Kier alpha value is -1.88. The van der Waals surface area contributed by atoms with Gasteiger partial charge in [-0.15, -0.1) is 0 Å². The van der Waals surface area contributed by atoms with Crippen molar-refractivity contribution < 1.29 is 14.6 Å². The molecule has 18 heavy (non-hydrogen) atoms. The summed E-state index contributed by atoms with van der Waals surface area (Å²) in [6.45, 7) is 5.80. The minimum atomic E-state index is -0.924. The molecule has 2 rings (SSSR count). The van der Waals surface area contributed by atoms with Crippen molar-refractivity contribution in [1.29, 1.82) is 0 Å². The van der Waals surface area contributed by atoms with E-state index in [0.717, 1.165) is 16.9 Å². The van der Waals surface area contributed by atoms with Gasteiger partial charge in [0.15, 0.2) is 0 Å². The maximum absolute atomic E-state index is 11.0. The summed E-state index contributed by atoms with van der Waals surface area (Å²) in [7, 11) is 0. The number of fused-ring (bicyclic) bond motifs is 1. The Kier molecular flexibility index (Phi) is 3.62. The smallest absolute Gasteiger partial charge is 0.335 e. The molecule has 0 spiro atoms. The lowest BCUT2D eigenvalue weighted by molar-refractivity contribution is 0.0697. The predicted octanol–water partition coefficient (Wildman–Crippen LogP) is 2.08. The van der Waals surface area contributed by atoms with Gasteiger partial charge in [0.05, 0.1) is 23.2 Å². The Labute approximate surface area is 105 Å². The molecule has 0 saturated carbocycles. The van der Waals surface area contributed by atoms with Crippen molar-refractivity contribution >= 4 is 17.0 Å². The second kappa shape index (κ2) is 5.18.